The summed E-state index contributed by atoms with van der Waals surface area (Å²) in [6.07, 6.45) is 3.96. The number of esters is 1. The summed E-state index contributed by atoms with van der Waals surface area (Å²) in [6.45, 7) is 2.44. The molecule has 0 saturated heterocycles. The predicted octanol–water partition coefficient (Wildman–Crippen LogP) is 4.06. The zero-order chi connectivity index (χ0) is 22.5. The van der Waals surface area contributed by atoms with Gasteiger partial charge in [-0.15, -0.1) is 11.8 Å². The molecule has 1 N–H and O–H groups in total. The lowest BCUT2D eigenvalue weighted by Gasteiger charge is -2.15. The van der Waals surface area contributed by atoms with Crippen LogP contribution < -0.4 is 10.1 Å². The minimum atomic E-state index is -0.385. The summed E-state index contributed by atoms with van der Waals surface area (Å²) in [5, 5.41) is 2.97. The van der Waals surface area contributed by atoms with Gasteiger partial charge in [0.15, 0.2) is 0 Å². The average Bonchev–Trinajstić information content (AvgIpc) is 3.23. The van der Waals surface area contributed by atoms with Gasteiger partial charge in [0.05, 0.1) is 25.0 Å². The van der Waals surface area contributed by atoms with E-state index in [-0.39, 0.29) is 18.0 Å². The molecule has 2 aromatic carbocycles. The highest BCUT2D eigenvalue weighted by Gasteiger charge is 2.28. The molecule has 1 amide bonds. The van der Waals surface area contributed by atoms with Crippen LogP contribution in [0.25, 0.3) is 11.1 Å². The van der Waals surface area contributed by atoms with Gasteiger partial charge < -0.3 is 14.8 Å². The molecule has 0 saturated carbocycles. The van der Waals surface area contributed by atoms with Gasteiger partial charge in [-0.3, -0.25) is 9.78 Å². The van der Waals surface area contributed by atoms with E-state index >= 15 is 0 Å². The first kappa shape index (κ1) is 21.9. The van der Waals surface area contributed by atoms with Crippen molar-refractivity contribution in [3.8, 4) is 16.9 Å². The largest absolute Gasteiger partial charge is 0.487 e. The normalized spacial score (nSPS) is 14.4. The van der Waals surface area contributed by atoms with Crippen molar-refractivity contribution in [3.63, 3.8) is 0 Å². The Morgan fingerprint density at radius 2 is 1.94 bits per heavy atom. The average molecular weight is 449 g/mol. The monoisotopic (exact) mass is 448 g/mol. The van der Waals surface area contributed by atoms with Crippen LogP contribution in [0.4, 0.5) is 0 Å². The number of thioether (sulfide) groups is 1. The molecule has 1 aliphatic rings. The van der Waals surface area contributed by atoms with Gasteiger partial charge in [-0.05, 0) is 47.9 Å². The standard InChI is InChI=1S/C25H24N2O4S/c1-16-11-17-13-18(14-27-23(28)15-32-19-7-9-26-10-8-19)31-24(17)22(12-16)20-5-3-4-6-21(20)25(29)30-2/h3-12,18H,13-15H2,1-2H3,(H,27,28). The number of benzene rings is 2. The van der Waals surface area contributed by atoms with Crippen molar-refractivity contribution >= 4 is 23.6 Å². The number of aryl methyl sites for hydroxylation is 1. The Morgan fingerprint density at radius 1 is 1.16 bits per heavy atom. The first-order valence-corrected chi connectivity index (χ1v) is 11.3. The zero-order valence-corrected chi connectivity index (χ0v) is 18.8. The highest BCUT2D eigenvalue weighted by molar-refractivity contribution is 8.00. The van der Waals surface area contributed by atoms with Crippen molar-refractivity contribution in [3.05, 3.63) is 77.6 Å². The van der Waals surface area contributed by atoms with E-state index in [2.05, 4.69) is 16.4 Å². The summed E-state index contributed by atoms with van der Waals surface area (Å²) in [6, 6.07) is 15.2. The van der Waals surface area contributed by atoms with E-state index in [1.165, 1.54) is 18.9 Å². The fraction of sp³-hybridized carbons (Fsp3) is 0.240. The fourth-order valence-corrected chi connectivity index (χ4v) is 4.49. The third-order valence-corrected chi connectivity index (χ3v) is 6.22. The van der Waals surface area contributed by atoms with Gasteiger partial charge >= 0.3 is 5.97 Å². The van der Waals surface area contributed by atoms with Gasteiger partial charge in [0.1, 0.15) is 11.9 Å². The summed E-state index contributed by atoms with van der Waals surface area (Å²) in [5.74, 6) is 0.668. The van der Waals surface area contributed by atoms with E-state index in [4.69, 9.17) is 9.47 Å². The lowest BCUT2D eigenvalue weighted by molar-refractivity contribution is -0.118. The number of carbonyl (C=O) groups is 2. The molecular formula is C25H24N2O4S. The number of ether oxygens (including phenoxy) is 2. The molecule has 0 spiro atoms. The van der Waals surface area contributed by atoms with E-state index in [1.807, 2.05) is 43.3 Å². The number of nitrogens with one attached hydrogen (secondary N) is 1. The summed E-state index contributed by atoms with van der Waals surface area (Å²) in [7, 11) is 1.38. The van der Waals surface area contributed by atoms with Crippen LogP contribution in [-0.2, 0) is 16.0 Å². The summed E-state index contributed by atoms with van der Waals surface area (Å²) < 4.78 is 11.2. The maximum Gasteiger partial charge on any atom is 0.338 e. The number of amides is 1. The molecular weight excluding hydrogens is 424 g/mol. The first-order valence-electron chi connectivity index (χ1n) is 10.3. The van der Waals surface area contributed by atoms with E-state index in [1.54, 1.807) is 18.5 Å². The van der Waals surface area contributed by atoms with Crippen molar-refractivity contribution in [2.24, 2.45) is 0 Å². The quantitative estimate of drug-likeness (QED) is 0.434. The number of fused-ring (bicyclic) bond motifs is 1. The molecule has 32 heavy (non-hydrogen) atoms. The minimum Gasteiger partial charge on any atom is -0.487 e. The highest BCUT2D eigenvalue weighted by Crippen LogP contribution is 2.41. The summed E-state index contributed by atoms with van der Waals surface area (Å²) in [4.78, 5) is 29.6. The van der Waals surface area contributed by atoms with Crippen LogP contribution in [0.1, 0.15) is 21.5 Å². The van der Waals surface area contributed by atoms with Crippen LogP contribution in [0.3, 0.4) is 0 Å². The number of aromatic nitrogens is 1. The molecule has 4 rings (SSSR count). The van der Waals surface area contributed by atoms with E-state index in [9.17, 15) is 9.59 Å². The third kappa shape index (κ3) is 4.94. The van der Waals surface area contributed by atoms with Gasteiger partial charge in [-0.25, -0.2) is 4.79 Å². The van der Waals surface area contributed by atoms with Crippen LogP contribution in [0, 0.1) is 6.92 Å². The molecule has 7 heteroatoms. The van der Waals surface area contributed by atoms with Gasteiger partial charge in [-0.2, -0.15) is 0 Å². The Labute approximate surface area is 191 Å². The Morgan fingerprint density at radius 3 is 2.72 bits per heavy atom. The van der Waals surface area contributed by atoms with Gasteiger partial charge in [0.2, 0.25) is 5.91 Å². The second-order valence-electron chi connectivity index (χ2n) is 7.56. The van der Waals surface area contributed by atoms with Crippen molar-refractivity contribution in [1.82, 2.24) is 10.3 Å². The minimum absolute atomic E-state index is 0.0428. The first-order chi connectivity index (χ1) is 15.5. The number of nitrogens with zero attached hydrogens (tertiary/aromatic N) is 1. The molecule has 0 fully saturated rings. The summed E-state index contributed by atoms with van der Waals surface area (Å²) in [5.41, 5.74) is 4.29. The number of carbonyl (C=O) groups excluding carboxylic acids is 2. The lowest BCUT2D eigenvalue weighted by Crippen LogP contribution is -2.35. The van der Waals surface area contributed by atoms with Gasteiger partial charge in [0.25, 0.3) is 0 Å². The number of methoxy groups -OCH3 is 1. The second-order valence-corrected chi connectivity index (χ2v) is 8.61. The van der Waals surface area contributed by atoms with Gasteiger partial charge in [-0.1, -0.05) is 24.3 Å². The molecule has 0 bridgehead atoms. The maximum absolute atomic E-state index is 12.3. The van der Waals surface area contributed by atoms with Crippen LogP contribution in [-0.4, -0.2) is 42.4 Å². The topological polar surface area (TPSA) is 77.5 Å². The molecule has 164 valence electrons. The molecule has 2 heterocycles. The number of rotatable bonds is 7. The predicted molar refractivity (Wildman–Crippen MR) is 124 cm³/mol. The Hall–Kier alpha value is -3.32. The third-order valence-electron chi connectivity index (χ3n) is 5.21. The Bertz CT molecular complexity index is 1130. The maximum atomic E-state index is 12.3. The van der Waals surface area contributed by atoms with Crippen molar-refractivity contribution in [2.75, 3.05) is 19.4 Å². The molecule has 1 aromatic heterocycles. The van der Waals surface area contributed by atoms with E-state index in [0.717, 1.165) is 32.9 Å². The molecule has 1 atom stereocenters. The van der Waals surface area contributed by atoms with E-state index in [0.29, 0.717) is 24.3 Å². The van der Waals surface area contributed by atoms with Gasteiger partial charge in [0, 0.05) is 29.3 Å². The van der Waals surface area contributed by atoms with Crippen molar-refractivity contribution in [2.45, 2.75) is 24.3 Å². The van der Waals surface area contributed by atoms with Crippen LogP contribution in [0.2, 0.25) is 0 Å². The zero-order valence-electron chi connectivity index (χ0n) is 18.0. The smallest absolute Gasteiger partial charge is 0.338 e. The number of hydrogen-bond donors (Lipinski definition) is 1. The summed E-state index contributed by atoms with van der Waals surface area (Å²) >= 11 is 1.47. The van der Waals surface area contributed by atoms with Crippen LogP contribution >= 0.6 is 11.8 Å². The fourth-order valence-electron chi connectivity index (χ4n) is 3.77. The van der Waals surface area contributed by atoms with Crippen molar-refractivity contribution in [1.29, 1.82) is 0 Å². The Balaban J connectivity index is 1.45. The highest BCUT2D eigenvalue weighted by atomic mass is 32.2. The molecule has 1 aliphatic heterocycles. The molecule has 6 nitrogen and oxygen atoms in total. The molecule has 0 radical (unpaired) electrons. The SMILES string of the molecule is COC(=O)c1ccccc1-c1cc(C)cc2c1OC(CNC(=O)CSc1ccncc1)C2. The lowest BCUT2D eigenvalue weighted by atomic mass is 9.94. The number of hydrogen-bond acceptors (Lipinski definition) is 6. The Kier molecular flexibility index (Phi) is 6.75. The number of pyridine rings is 1. The van der Waals surface area contributed by atoms with Crippen LogP contribution in [0.5, 0.6) is 5.75 Å². The van der Waals surface area contributed by atoms with Crippen LogP contribution in [0.15, 0.2) is 65.8 Å². The molecule has 3 aromatic rings. The van der Waals surface area contributed by atoms with Crippen molar-refractivity contribution < 1.29 is 19.1 Å². The molecule has 0 aliphatic carbocycles. The van der Waals surface area contributed by atoms with E-state index < -0.39 is 0 Å². The molecule has 1 unspecified atom stereocenters. The second kappa shape index (κ2) is 9.87.